The number of hydrogen-bond donors (Lipinski definition) is 0. The fourth-order valence-electron chi connectivity index (χ4n) is 2.92. The second-order valence-electron chi connectivity index (χ2n) is 5.61. The van der Waals surface area contributed by atoms with Crippen LogP contribution in [0.25, 0.3) is 0 Å². The Morgan fingerprint density at radius 1 is 1.14 bits per heavy atom. The number of benzene rings is 2. The minimum Gasteiger partial charge on any atom is -0.339 e. The summed E-state index contributed by atoms with van der Waals surface area (Å²) in [6.45, 7) is 4.32. The molecular formula is C18H18FNO. The van der Waals surface area contributed by atoms with E-state index in [0.717, 1.165) is 25.1 Å². The maximum absolute atomic E-state index is 14.4. The highest BCUT2D eigenvalue weighted by Gasteiger charge is 2.21. The third-order valence-electron chi connectivity index (χ3n) is 4.00. The molecule has 0 amide bonds. The van der Waals surface area contributed by atoms with Gasteiger partial charge in [-0.2, -0.15) is 0 Å². The summed E-state index contributed by atoms with van der Waals surface area (Å²) < 4.78 is 14.4. The summed E-state index contributed by atoms with van der Waals surface area (Å²) in [5.41, 5.74) is 4.52. The van der Waals surface area contributed by atoms with Crippen molar-refractivity contribution in [3.8, 4) is 0 Å². The first-order chi connectivity index (χ1) is 10.1. The van der Waals surface area contributed by atoms with Gasteiger partial charge in [-0.15, -0.1) is 0 Å². The van der Waals surface area contributed by atoms with E-state index in [1.54, 1.807) is 12.1 Å². The first-order valence-electron chi connectivity index (χ1n) is 7.24. The van der Waals surface area contributed by atoms with Crippen LogP contribution in [0.2, 0.25) is 0 Å². The molecule has 0 bridgehead atoms. The number of aryl methyl sites for hydroxylation is 2. The van der Waals surface area contributed by atoms with E-state index in [-0.39, 0.29) is 11.6 Å². The molecule has 0 saturated heterocycles. The summed E-state index contributed by atoms with van der Waals surface area (Å²) in [6.07, 6.45) is 2.03. The maximum atomic E-state index is 14.4. The molecule has 2 aromatic carbocycles. The lowest BCUT2D eigenvalue weighted by Gasteiger charge is -2.32. The summed E-state index contributed by atoms with van der Waals surface area (Å²) >= 11 is 0. The van der Waals surface area contributed by atoms with Gasteiger partial charge < -0.3 is 4.90 Å². The highest BCUT2D eigenvalue weighted by atomic mass is 19.1. The summed E-state index contributed by atoms with van der Waals surface area (Å²) in [6, 6.07) is 11.0. The van der Waals surface area contributed by atoms with Gasteiger partial charge in [0.05, 0.1) is 5.69 Å². The molecule has 1 heterocycles. The Morgan fingerprint density at radius 3 is 2.62 bits per heavy atom. The van der Waals surface area contributed by atoms with E-state index in [0.29, 0.717) is 11.3 Å². The van der Waals surface area contributed by atoms with Crippen molar-refractivity contribution in [2.45, 2.75) is 26.7 Å². The number of halogens is 1. The molecule has 0 unspecified atom stereocenters. The topological polar surface area (TPSA) is 20.3 Å². The third-order valence-corrected chi connectivity index (χ3v) is 4.00. The predicted octanol–water partition coefficient (Wildman–Crippen LogP) is 4.42. The van der Waals surface area contributed by atoms with Crippen molar-refractivity contribution in [2.24, 2.45) is 0 Å². The van der Waals surface area contributed by atoms with Crippen LogP contribution < -0.4 is 4.90 Å². The van der Waals surface area contributed by atoms with Crippen LogP contribution in [0.4, 0.5) is 15.8 Å². The fraction of sp³-hybridized carbons (Fsp3) is 0.278. The second kappa shape index (κ2) is 5.32. The first kappa shape index (κ1) is 13.8. The molecule has 3 heteroatoms. The van der Waals surface area contributed by atoms with E-state index in [1.165, 1.54) is 24.1 Å². The van der Waals surface area contributed by atoms with E-state index in [1.807, 2.05) is 4.90 Å². The molecule has 21 heavy (non-hydrogen) atoms. The molecule has 0 radical (unpaired) electrons. The molecule has 0 aliphatic carbocycles. The summed E-state index contributed by atoms with van der Waals surface area (Å²) in [7, 11) is 0. The Kier molecular flexibility index (Phi) is 3.50. The largest absolute Gasteiger partial charge is 0.339 e. The molecule has 2 aromatic rings. The highest BCUT2D eigenvalue weighted by molar-refractivity contribution is 5.94. The smallest absolute Gasteiger partial charge is 0.159 e. The van der Waals surface area contributed by atoms with Gasteiger partial charge in [-0.25, -0.2) is 4.39 Å². The monoisotopic (exact) mass is 283 g/mol. The average molecular weight is 283 g/mol. The lowest BCUT2D eigenvalue weighted by molar-refractivity contribution is 0.101. The standard InChI is InChI=1S/C18H18FNO/c1-12-5-7-17-15(10-12)4-3-9-20(17)18-8-6-14(13(2)21)11-16(18)19/h5-8,10-11H,3-4,9H2,1-2H3. The zero-order chi connectivity index (χ0) is 15.0. The van der Waals surface area contributed by atoms with Gasteiger partial charge in [-0.3, -0.25) is 4.79 Å². The molecule has 3 rings (SSSR count). The molecular weight excluding hydrogens is 265 g/mol. The van der Waals surface area contributed by atoms with Gasteiger partial charge in [0.2, 0.25) is 0 Å². The van der Waals surface area contributed by atoms with Gasteiger partial charge in [0.1, 0.15) is 5.82 Å². The predicted molar refractivity (Wildman–Crippen MR) is 82.9 cm³/mol. The van der Waals surface area contributed by atoms with Crippen molar-refractivity contribution in [1.82, 2.24) is 0 Å². The molecule has 108 valence electrons. The van der Waals surface area contributed by atoms with Crippen LogP contribution in [0.5, 0.6) is 0 Å². The van der Waals surface area contributed by atoms with Gasteiger partial charge >= 0.3 is 0 Å². The number of carbonyl (C=O) groups is 1. The van der Waals surface area contributed by atoms with Crippen LogP contribution in [0.1, 0.15) is 34.8 Å². The number of anilines is 2. The molecule has 0 saturated carbocycles. The van der Waals surface area contributed by atoms with Crippen molar-refractivity contribution in [3.63, 3.8) is 0 Å². The van der Waals surface area contributed by atoms with Crippen LogP contribution in [-0.4, -0.2) is 12.3 Å². The van der Waals surface area contributed by atoms with Crippen LogP contribution in [0.3, 0.4) is 0 Å². The van der Waals surface area contributed by atoms with Crippen molar-refractivity contribution >= 4 is 17.2 Å². The number of hydrogen-bond acceptors (Lipinski definition) is 2. The molecule has 1 aliphatic heterocycles. The Morgan fingerprint density at radius 2 is 1.90 bits per heavy atom. The number of ketones is 1. The van der Waals surface area contributed by atoms with Gasteiger partial charge in [0.15, 0.2) is 5.78 Å². The van der Waals surface area contributed by atoms with Crippen LogP contribution in [0.15, 0.2) is 36.4 Å². The first-order valence-corrected chi connectivity index (χ1v) is 7.24. The number of carbonyl (C=O) groups excluding carboxylic acids is 1. The van der Waals surface area contributed by atoms with Crippen molar-refractivity contribution in [1.29, 1.82) is 0 Å². The third kappa shape index (κ3) is 2.56. The highest BCUT2D eigenvalue weighted by Crippen LogP contribution is 2.35. The Hall–Kier alpha value is -2.16. The number of nitrogens with zero attached hydrogens (tertiary/aromatic N) is 1. The molecule has 1 aliphatic rings. The van der Waals surface area contributed by atoms with Crippen LogP contribution in [0, 0.1) is 12.7 Å². The molecule has 0 aromatic heterocycles. The van der Waals surface area contributed by atoms with E-state index < -0.39 is 0 Å². The maximum Gasteiger partial charge on any atom is 0.159 e. The van der Waals surface area contributed by atoms with E-state index >= 15 is 0 Å². The zero-order valence-electron chi connectivity index (χ0n) is 12.3. The molecule has 0 fully saturated rings. The lowest BCUT2D eigenvalue weighted by Crippen LogP contribution is -2.25. The Bertz CT molecular complexity index is 708. The van der Waals surface area contributed by atoms with Crippen molar-refractivity contribution < 1.29 is 9.18 Å². The summed E-state index contributed by atoms with van der Waals surface area (Å²) in [5.74, 6) is -0.453. The zero-order valence-corrected chi connectivity index (χ0v) is 12.3. The minimum absolute atomic E-state index is 0.116. The van der Waals surface area contributed by atoms with E-state index in [2.05, 4.69) is 25.1 Å². The average Bonchev–Trinajstić information content (AvgIpc) is 2.46. The van der Waals surface area contributed by atoms with Gasteiger partial charge in [0.25, 0.3) is 0 Å². The van der Waals surface area contributed by atoms with E-state index in [4.69, 9.17) is 0 Å². The molecule has 2 nitrogen and oxygen atoms in total. The van der Waals surface area contributed by atoms with Crippen molar-refractivity contribution in [3.05, 3.63) is 58.9 Å². The SMILES string of the molecule is CC(=O)c1ccc(N2CCCc3cc(C)ccc32)c(F)c1. The second-order valence-corrected chi connectivity index (χ2v) is 5.61. The normalized spacial score (nSPS) is 14.0. The van der Waals surface area contributed by atoms with Gasteiger partial charge in [0, 0.05) is 17.8 Å². The van der Waals surface area contributed by atoms with E-state index in [9.17, 15) is 9.18 Å². The summed E-state index contributed by atoms with van der Waals surface area (Å²) in [4.78, 5) is 13.4. The van der Waals surface area contributed by atoms with Crippen LogP contribution >= 0.6 is 0 Å². The number of Topliss-reactive ketones (excluding diaryl/α,β-unsaturated/α-hetero) is 1. The van der Waals surface area contributed by atoms with Gasteiger partial charge in [-0.1, -0.05) is 17.7 Å². The molecule has 0 atom stereocenters. The molecule has 0 spiro atoms. The Balaban J connectivity index is 2.05. The summed E-state index contributed by atoms with van der Waals surface area (Å²) in [5, 5.41) is 0. The van der Waals surface area contributed by atoms with Crippen molar-refractivity contribution in [2.75, 3.05) is 11.4 Å². The minimum atomic E-state index is -0.337. The Labute approximate surface area is 124 Å². The van der Waals surface area contributed by atoms with Crippen LogP contribution in [-0.2, 0) is 6.42 Å². The number of fused-ring (bicyclic) bond motifs is 1. The van der Waals surface area contributed by atoms with Gasteiger partial charge in [-0.05, 0) is 56.5 Å². The lowest BCUT2D eigenvalue weighted by atomic mass is 9.98. The fourth-order valence-corrected chi connectivity index (χ4v) is 2.92. The molecule has 0 N–H and O–H groups in total. The number of rotatable bonds is 2. The quantitative estimate of drug-likeness (QED) is 0.760.